The minimum Gasteiger partial charge on any atom is -0.349 e. The second kappa shape index (κ2) is 8.21. The highest BCUT2D eigenvalue weighted by Gasteiger charge is 2.18. The first kappa shape index (κ1) is 18.4. The number of benzene rings is 1. The molecule has 1 heterocycles. The van der Waals surface area contributed by atoms with Gasteiger partial charge < -0.3 is 15.1 Å². The average molecular weight is 349 g/mol. The summed E-state index contributed by atoms with van der Waals surface area (Å²) in [5.41, 5.74) is 0.964. The van der Waals surface area contributed by atoms with Gasteiger partial charge in [-0.25, -0.2) is 4.98 Å². The molecule has 2 N–H and O–H groups in total. The van der Waals surface area contributed by atoms with Gasteiger partial charge in [-0.3, -0.25) is 9.59 Å². The molecule has 0 bridgehead atoms. The van der Waals surface area contributed by atoms with Gasteiger partial charge in [-0.2, -0.15) is 0 Å². The molecule has 2 aromatic rings. The van der Waals surface area contributed by atoms with Crippen molar-refractivity contribution in [2.75, 3.05) is 27.2 Å². The summed E-state index contributed by atoms with van der Waals surface area (Å²) in [4.78, 5) is 31.2. The molecule has 1 atom stereocenters. The van der Waals surface area contributed by atoms with Gasteiger partial charge >= 0.3 is 0 Å². The van der Waals surface area contributed by atoms with E-state index in [0.29, 0.717) is 13.1 Å². The van der Waals surface area contributed by atoms with Gasteiger partial charge in [-0.05, 0) is 26.0 Å². The van der Waals surface area contributed by atoms with E-state index >= 15 is 0 Å². The fourth-order valence-corrected chi connectivity index (χ4v) is 3.40. The number of fused-ring (bicyclic) bond motifs is 1. The van der Waals surface area contributed by atoms with Gasteiger partial charge in [0, 0.05) is 13.1 Å². The molecule has 0 aliphatic carbocycles. The number of likely N-dealkylation sites (N-methyl/N-ethyl adjacent to an activating group) is 2. The number of carbonyl (C=O) groups is 2. The lowest BCUT2D eigenvalue weighted by molar-refractivity contribution is -0.863. The lowest BCUT2D eigenvalue weighted by atomic mass is 10.3. The van der Waals surface area contributed by atoms with Crippen molar-refractivity contribution < 1.29 is 14.5 Å². The number of amides is 2. The third-order valence-corrected chi connectivity index (χ3v) is 4.52. The van der Waals surface area contributed by atoms with Crippen LogP contribution in [0.25, 0.3) is 10.2 Å². The quantitative estimate of drug-likeness (QED) is 0.755. The van der Waals surface area contributed by atoms with Crippen LogP contribution in [-0.4, -0.2) is 54.9 Å². The SMILES string of the molecule is CC(C)NC(=O)C[NH+](C)CC(=O)N(C)Cc1nc2ccccc2s1. The van der Waals surface area contributed by atoms with Gasteiger partial charge in [0.15, 0.2) is 13.1 Å². The minimum atomic E-state index is -0.0378. The van der Waals surface area contributed by atoms with E-state index in [0.717, 1.165) is 20.1 Å². The van der Waals surface area contributed by atoms with Crippen LogP contribution in [0.3, 0.4) is 0 Å². The maximum Gasteiger partial charge on any atom is 0.277 e. The smallest absolute Gasteiger partial charge is 0.277 e. The molecule has 24 heavy (non-hydrogen) atoms. The van der Waals surface area contributed by atoms with E-state index < -0.39 is 0 Å². The van der Waals surface area contributed by atoms with Gasteiger partial charge in [0.25, 0.3) is 11.8 Å². The van der Waals surface area contributed by atoms with Crippen LogP contribution in [0, 0.1) is 0 Å². The van der Waals surface area contributed by atoms with Crippen LogP contribution < -0.4 is 10.2 Å². The topological polar surface area (TPSA) is 66.7 Å². The summed E-state index contributed by atoms with van der Waals surface area (Å²) in [5, 5.41) is 3.76. The van der Waals surface area contributed by atoms with Crippen molar-refractivity contribution in [2.24, 2.45) is 0 Å². The molecule has 7 heteroatoms. The lowest BCUT2D eigenvalue weighted by Gasteiger charge is -2.19. The van der Waals surface area contributed by atoms with Gasteiger partial charge in [-0.15, -0.1) is 11.3 Å². The Labute approximate surface area is 146 Å². The van der Waals surface area contributed by atoms with Crippen LogP contribution in [0.5, 0.6) is 0 Å². The molecule has 0 spiro atoms. The van der Waals surface area contributed by atoms with E-state index in [1.165, 1.54) is 0 Å². The van der Waals surface area contributed by atoms with E-state index in [-0.39, 0.29) is 24.4 Å². The normalized spacial score (nSPS) is 12.4. The van der Waals surface area contributed by atoms with Gasteiger partial charge in [0.05, 0.1) is 23.8 Å². The molecule has 2 amide bonds. The van der Waals surface area contributed by atoms with Crippen molar-refractivity contribution in [3.05, 3.63) is 29.3 Å². The predicted molar refractivity (Wildman–Crippen MR) is 96.0 cm³/mol. The Morgan fingerprint density at radius 3 is 2.67 bits per heavy atom. The number of rotatable bonds is 7. The second-order valence-corrected chi connectivity index (χ2v) is 7.47. The Morgan fingerprint density at radius 1 is 1.29 bits per heavy atom. The molecule has 6 nitrogen and oxygen atoms in total. The van der Waals surface area contributed by atoms with Crippen molar-refractivity contribution in [1.29, 1.82) is 0 Å². The van der Waals surface area contributed by atoms with Crippen LogP contribution in [-0.2, 0) is 16.1 Å². The number of aromatic nitrogens is 1. The molecule has 0 fully saturated rings. The third-order valence-electron chi connectivity index (χ3n) is 3.50. The van der Waals surface area contributed by atoms with Crippen molar-refractivity contribution in [1.82, 2.24) is 15.2 Å². The van der Waals surface area contributed by atoms with Crippen molar-refractivity contribution in [3.63, 3.8) is 0 Å². The number of hydrogen-bond donors (Lipinski definition) is 2. The van der Waals surface area contributed by atoms with Gasteiger partial charge in [0.2, 0.25) is 0 Å². The van der Waals surface area contributed by atoms with Crippen LogP contribution in [0.2, 0.25) is 0 Å². The third kappa shape index (κ3) is 5.28. The zero-order valence-electron chi connectivity index (χ0n) is 14.6. The molecule has 2 rings (SSSR count). The van der Waals surface area contributed by atoms with E-state index in [9.17, 15) is 9.59 Å². The number of para-hydroxylation sites is 1. The summed E-state index contributed by atoms with van der Waals surface area (Å²) >= 11 is 1.60. The number of quaternary nitrogens is 1. The minimum absolute atomic E-state index is 0.00380. The molecule has 130 valence electrons. The molecule has 0 radical (unpaired) electrons. The number of nitrogens with one attached hydrogen (secondary N) is 2. The molecular weight excluding hydrogens is 324 g/mol. The van der Waals surface area contributed by atoms with E-state index in [1.807, 2.05) is 45.2 Å². The summed E-state index contributed by atoms with van der Waals surface area (Å²) in [6, 6.07) is 8.06. The van der Waals surface area contributed by atoms with Gasteiger partial charge in [0.1, 0.15) is 5.01 Å². The first-order valence-electron chi connectivity index (χ1n) is 8.04. The Balaban J connectivity index is 1.86. The molecule has 0 aliphatic rings. The Hall–Kier alpha value is -1.99. The van der Waals surface area contributed by atoms with Crippen molar-refractivity contribution >= 4 is 33.4 Å². The van der Waals surface area contributed by atoms with E-state index in [1.54, 1.807) is 23.3 Å². The highest BCUT2D eigenvalue weighted by atomic mass is 32.1. The van der Waals surface area contributed by atoms with Crippen LogP contribution in [0.15, 0.2) is 24.3 Å². The summed E-state index contributed by atoms with van der Waals surface area (Å²) in [6.45, 7) is 4.91. The monoisotopic (exact) mass is 349 g/mol. The summed E-state index contributed by atoms with van der Waals surface area (Å²) in [6.07, 6.45) is 0. The van der Waals surface area contributed by atoms with E-state index in [2.05, 4.69) is 10.3 Å². The van der Waals surface area contributed by atoms with Crippen LogP contribution in [0.4, 0.5) is 0 Å². The summed E-state index contributed by atoms with van der Waals surface area (Å²) in [5.74, 6) is -0.0340. The van der Waals surface area contributed by atoms with Gasteiger partial charge in [-0.1, -0.05) is 12.1 Å². The molecule has 1 aromatic heterocycles. The fourth-order valence-electron chi connectivity index (χ4n) is 2.38. The highest BCUT2D eigenvalue weighted by Crippen LogP contribution is 2.22. The maximum absolute atomic E-state index is 12.3. The lowest BCUT2D eigenvalue weighted by Crippen LogP contribution is -3.11. The highest BCUT2D eigenvalue weighted by molar-refractivity contribution is 7.18. The number of carbonyl (C=O) groups excluding carboxylic acids is 2. The zero-order chi connectivity index (χ0) is 17.7. The molecular formula is C17H25N4O2S+. The molecule has 0 saturated carbocycles. The Morgan fingerprint density at radius 2 is 2.00 bits per heavy atom. The van der Waals surface area contributed by atoms with Crippen LogP contribution >= 0.6 is 11.3 Å². The average Bonchev–Trinajstić information content (AvgIpc) is 2.87. The molecule has 0 aliphatic heterocycles. The second-order valence-electron chi connectivity index (χ2n) is 6.36. The first-order valence-corrected chi connectivity index (χ1v) is 8.86. The maximum atomic E-state index is 12.3. The first-order chi connectivity index (χ1) is 11.3. The molecule has 0 saturated heterocycles. The zero-order valence-corrected chi connectivity index (χ0v) is 15.4. The van der Waals surface area contributed by atoms with E-state index in [4.69, 9.17) is 0 Å². The standard InChI is InChI=1S/C17H24N4O2S/c1-12(2)18-15(22)9-20(3)11-17(23)21(4)10-16-19-13-7-5-6-8-14(13)24-16/h5-8,12H,9-11H2,1-4H3,(H,18,22)/p+1. The summed E-state index contributed by atoms with van der Waals surface area (Å²) < 4.78 is 1.13. The number of nitrogens with zero attached hydrogens (tertiary/aromatic N) is 2. The Kier molecular flexibility index (Phi) is 6.28. The predicted octanol–water partition coefficient (Wildman–Crippen LogP) is 0.294. The van der Waals surface area contributed by atoms with Crippen molar-refractivity contribution in [3.8, 4) is 0 Å². The molecule has 1 unspecified atom stereocenters. The largest absolute Gasteiger partial charge is 0.349 e. The van der Waals surface area contributed by atoms with Crippen molar-refractivity contribution in [2.45, 2.75) is 26.4 Å². The van der Waals surface area contributed by atoms with Crippen LogP contribution in [0.1, 0.15) is 18.9 Å². The number of thiazole rings is 1. The molecule has 1 aromatic carbocycles. The Bertz CT molecular complexity index is 680. The summed E-state index contributed by atoms with van der Waals surface area (Å²) in [7, 11) is 3.62. The number of hydrogen-bond acceptors (Lipinski definition) is 4. The fraction of sp³-hybridized carbons (Fsp3) is 0.471.